The topological polar surface area (TPSA) is 69.7 Å². The van der Waals surface area contributed by atoms with Crippen LogP contribution in [0.3, 0.4) is 0 Å². The zero-order chi connectivity index (χ0) is 21.7. The number of hydrogen-bond donors (Lipinski definition) is 1. The molecular weight excluding hydrogens is 410 g/mol. The molecule has 2 aromatic rings. The van der Waals surface area contributed by atoms with Crippen molar-refractivity contribution in [2.45, 2.75) is 43.5 Å². The van der Waals surface area contributed by atoms with Gasteiger partial charge in [0.15, 0.2) is 0 Å². The van der Waals surface area contributed by atoms with Crippen LogP contribution in [0.2, 0.25) is 0 Å². The maximum absolute atomic E-state index is 13.4. The molecule has 0 saturated carbocycles. The molecular formula is C24H31N3O3S. The summed E-state index contributed by atoms with van der Waals surface area (Å²) in [7, 11) is -3.34. The lowest BCUT2D eigenvalue weighted by atomic mass is 10.1. The summed E-state index contributed by atoms with van der Waals surface area (Å²) < 4.78 is 27.5. The van der Waals surface area contributed by atoms with Crippen molar-refractivity contribution < 1.29 is 13.2 Å². The summed E-state index contributed by atoms with van der Waals surface area (Å²) in [6.45, 7) is 2.67. The number of carbonyl (C=O) groups excluding carboxylic acids is 1. The van der Waals surface area contributed by atoms with E-state index in [1.807, 2.05) is 53.4 Å². The first-order valence-electron chi connectivity index (χ1n) is 11.1. The van der Waals surface area contributed by atoms with Crippen LogP contribution >= 0.6 is 0 Å². The second-order valence-electron chi connectivity index (χ2n) is 8.45. The van der Waals surface area contributed by atoms with E-state index in [0.29, 0.717) is 39.1 Å². The highest BCUT2D eigenvalue weighted by molar-refractivity contribution is 7.89. The van der Waals surface area contributed by atoms with Crippen molar-refractivity contribution in [1.82, 2.24) is 14.5 Å². The van der Waals surface area contributed by atoms with Gasteiger partial charge >= 0.3 is 0 Å². The molecule has 0 bridgehead atoms. The Morgan fingerprint density at radius 3 is 2.23 bits per heavy atom. The Kier molecular flexibility index (Phi) is 7.05. The lowest BCUT2D eigenvalue weighted by Gasteiger charge is -2.26. The highest BCUT2D eigenvalue weighted by atomic mass is 32.2. The van der Waals surface area contributed by atoms with Crippen molar-refractivity contribution >= 4 is 15.9 Å². The van der Waals surface area contributed by atoms with Crippen molar-refractivity contribution in [3.05, 3.63) is 71.8 Å². The number of hydrogen-bond acceptors (Lipinski definition) is 4. The van der Waals surface area contributed by atoms with Gasteiger partial charge in [-0.1, -0.05) is 60.7 Å². The molecule has 1 amide bonds. The molecule has 2 saturated heterocycles. The highest BCUT2D eigenvalue weighted by Gasteiger charge is 2.41. The second-order valence-corrected chi connectivity index (χ2v) is 10.7. The molecule has 2 aliphatic heterocycles. The molecule has 6 nitrogen and oxygen atoms in total. The summed E-state index contributed by atoms with van der Waals surface area (Å²) in [6, 6.07) is 19.6. The number of nitrogens with one attached hydrogen (secondary N) is 1. The minimum Gasteiger partial charge on any atom is -0.337 e. The van der Waals surface area contributed by atoms with Gasteiger partial charge in [-0.25, -0.2) is 12.7 Å². The third-order valence-electron chi connectivity index (χ3n) is 6.28. The summed E-state index contributed by atoms with van der Waals surface area (Å²) >= 11 is 0. The van der Waals surface area contributed by atoms with Gasteiger partial charge in [0.05, 0.1) is 11.3 Å². The molecule has 31 heavy (non-hydrogen) atoms. The maximum Gasteiger partial charge on any atom is 0.240 e. The van der Waals surface area contributed by atoms with E-state index in [0.717, 1.165) is 24.8 Å². The minimum atomic E-state index is -3.34. The number of amides is 1. The monoisotopic (exact) mass is 441 g/mol. The van der Waals surface area contributed by atoms with Gasteiger partial charge in [0.2, 0.25) is 15.9 Å². The zero-order valence-corrected chi connectivity index (χ0v) is 18.6. The Bertz CT molecular complexity index is 960. The van der Waals surface area contributed by atoms with Crippen LogP contribution in [0.25, 0.3) is 0 Å². The van der Waals surface area contributed by atoms with Crippen molar-refractivity contribution in [1.29, 1.82) is 0 Å². The number of rotatable bonds is 8. The van der Waals surface area contributed by atoms with Crippen LogP contribution in [-0.4, -0.2) is 61.0 Å². The van der Waals surface area contributed by atoms with Gasteiger partial charge in [0.25, 0.3) is 0 Å². The van der Waals surface area contributed by atoms with Gasteiger partial charge in [-0.15, -0.1) is 0 Å². The fraction of sp³-hybridized carbons (Fsp3) is 0.458. The molecule has 2 atom stereocenters. The molecule has 166 valence electrons. The van der Waals surface area contributed by atoms with E-state index in [2.05, 4.69) is 17.4 Å². The summed E-state index contributed by atoms with van der Waals surface area (Å²) in [6.07, 6.45) is 2.95. The van der Waals surface area contributed by atoms with Crippen LogP contribution in [0.1, 0.15) is 30.4 Å². The molecule has 2 aliphatic rings. The van der Waals surface area contributed by atoms with Gasteiger partial charge in [-0.2, -0.15) is 0 Å². The first-order chi connectivity index (χ1) is 15.0. The van der Waals surface area contributed by atoms with Crippen molar-refractivity contribution in [2.24, 2.45) is 0 Å². The summed E-state index contributed by atoms with van der Waals surface area (Å²) in [5.74, 6) is -0.0149. The van der Waals surface area contributed by atoms with Crippen LogP contribution in [0.5, 0.6) is 0 Å². The lowest BCUT2D eigenvalue weighted by Crippen LogP contribution is -2.44. The largest absolute Gasteiger partial charge is 0.337 e. The van der Waals surface area contributed by atoms with Crippen molar-refractivity contribution in [2.75, 3.05) is 26.2 Å². The summed E-state index contributed by atoms with van der Waals surface area (Å²) in [4.78, 5) is 15.3. The lowest BCUT2D eigenvalue weighted by molar-refractivity contribution is -0.133. The van der Waals surface area contributed by atoms with Crippen molar-refractivity contribution in [3.63, 3.8) is 0 Å². The molecule has 2 unspecified atom stereocenters. The van der Waals surface area contributed by atoms with E-state index in [1.54, 1.807) is 4.31 Å². The van der Waals surface area contributed by atoms with Crippen LogP contribution in [0.4, 0.5) is 0 Å². The van der Waals surface area contributed by atoms with Gasteiger partial charge in [0, 0.05) is 32.7 Å². The van der Waals surface area contributed by atoms with E-state index in [-0.39, 0.29) is 5.91 Å². The average molecular weight is 442 g/mol. The Labute approximate surface area is 185 Å². The standard InChI is InChI=1S/C24H31N3O3S/c28-24(23-17-22(18-25-23)31(29,30)27-14-7-8-15-27)26(19-21-11-5-2-6-12-21)16-13-20-9-3-1-4-10-20/h1-6,9-12,22-23,25H,7-8,13-19H2. The van der Waals surface area contributed by atoms with E-state index >= 15 is 0 Å². The average Bonchev–Trinajstić information content (AvgIpc) is 3.51. The molecule has 2 heterocycles. The second kappa shape index (κ2) is 9.94. The first-order valence-corrected chi connectivity index (χ1v) is 12.6. The number of sulfonamides is 1. The Balaban J connectivity index is 1.44. The van der Waals surface area contributed by atoms with Crippen LogP contribution < -0.4 is 5.32 Å². The van der Waals surface area contributed by atoms with E-state index in [1.165, 1.54) is 5.56 Å². The van der Waals surface area contributed by atoms with E-state index < -0.39 is 21.3 Å². The number of benzene rings is 2. The van der Waals surface area contributed by atoms with Gasteiger partial charge in [-0.05, 0) is 36.8 Å². The van der Waals surface area contributed by atoms with Gasteiger partial charge < -0.3 is 10.2 Å². The normalized spacial score (nSPS) is 21.9. The number of carbonyl (C=O) groups is 1. The third-order valence-corrected chi connectivity index (χ3v) is 8.56. The van der Waals surface area contributed by atoms with E-state index in [9.17, 15) is 13.2 Å². The fourth-order valence-corrected chi connectivity index (χ4v) is 6.40. The quantitative estimate of drug-likeness (QED) is 0.683. The van der Waals surface area contributed by atoms with Crippen LogP contribution in [-0.2, 0) is 27.8 Å². The molecule has 1 N–H and O–H groups in total. The predicted octanol–water partition coefficient (Wildman–Crippen LogP) is 2.41. The van der Waals surface area contributed by atoms with E-state index in [4.69, 9.17) is 0 Å². The van der Waals surface area contributed by atoms with Gasteiger partial charge in [-0.3, -0.25) is 4.79 Å². The zero-order valence-electron chi connectivity index (χ0n) is 17.8. The molecule has 2 fully saturated rings. The summed E-state index contributed by atoms with van der Waals surface area (Å²) in [5.41, 5.74) is 2.25. The third kappa shape index (κ3) is 5.34. The smallest absolute Gasteiger partial charge is 0.240 e. The maximum atomic E-state index is 13.4. The van der Waals surface area contributed by atoms with Gasteiger partial charge in [0.1, 0.15) is 0 Å². The molecule has 4 rings (SSSR count). The SMILES string of the molecule is O=C(C1CC(S(=O)(=O)N2CCCC2)CN1)N(CCc1ccccc1)Cc1ccccc1. The molecule has 7 heteroatoms. The summed E-state index contributed by atoms with van der Waals surface area (Å²) in [5, 5.41) is 2.68. The Hall–Kier alpha value is -2.22. The fourth-order valence-electron chi connectivity index (χ4n) is 4.47. The molecule has 2 aromatic carbocycles. The Morgan fingerprint density at radius 1 is 0.968 bits per heavy atom. The van der Waals surface area contributed by atoms with Crippen LogP contribution in [0.15, 0.2) is 60.7 Å². The van der Waals surface area contributed by atoms with Crippen molar-refractivity contribution in [3.8, 4) is 0 Å². The molecule has 0 aromatic heterocycles. The highest BCUT2D eigenvalue weighted by Crippen LogP contribution is 2.24. The minimum absolute atomic E-state index is 0.0149. The molecule has 0 aliphatic carbocycles. The first kappa shape index (κ1) is 22.0. The predicted molar refractivity (Wildman–Crippen MR) is 122 cm³/mol. The Morgan fingerprint density at radius 2 is 1.58 bits per heavy atom. The molecule has 0 spiro atoms. The van der Waals surface area contributed by atoms with Crippen LogP contribution in [0, 0.1) is 0 Å². The molecule has 0 radical (unpaired) electrons. The number of nitrogens with zero attached hydrogens (tertiary/aromatic N) is 2.